The van der Waals surface area contributed by atoms with E-state index in [4.69, 9.17) is 4.74 Å². The van der Waals surface area contributed by atoms with Crippen LogP contribution in [-0.2, 0) is 27.9 Å². The summed E-state index contributed by atoms with van der Waals surface area (Å²) >= 11 is 0. The first-order chi connectivity index (χ1) is 10.9. The van der Waals surface area contributed by atoms with Crippen molar-refractivity contribution in [2.24, 2.45) is 0 Å². The monoisotopic (exact) mass is 343 g/mol. The van der Waals surface area contributed by atoms with Crippen molar-refractivity contribution in [2.45, 2.75) is 64.8 Å². The summed E-state index contributed by atoms with van der Waals surface area (Å²) in [5, 5.41) is 4.43. The van der Waals surface area contributed by atoms with Crippen molar-refractivity contribution in [3.63, 3.8) is 0 Å². The molecule has 1 saturated heterocycles. The van der Waals surface area contributed by atoms with Crippen LogP contribution in [0.15, 0.2) is 0 Å². The molecule has 2 aliphatic heterocycles. The molecule has 0 saturated carbocycles. The molecule has 3 atom stereocenters. The van der Waals surface area contributed by atoms with Gasteiger partial charge in [0.2, 0.25) is 0 Å². The van der Waals surface area contributed by atoms with Gasteiger partial charge in [-0.25, -0.2) is 9.67 Å². The molecule has 1 aromatic heterocycles. The zero-order valence-electron chi connectivity index (χ0n) is 13.9. The van der Waals surface area contributed by atoms with E-state index in [-0.39, 0.29) is 18.2 Å². The van der Waals surface area contributed by atoms with Gasteiger partial charge in [0.05, 0.1) is 18.8 Å². The van der Waals surface area contributed by atoms with E-state index in [2.05, 4.69) is 14.8 Å². The molecule has 0 amide bonds. The van der Waals surface area contributed by atoms with E-state index in [1.54, 1.807) is 0 Å². The van der Waals surface area contributed by atoms with Gasteiger partial charge in [-0.1, -0.05) is 6.92 Å². The van der Waals surface area contributed by atoms with E-state index in [1.165, 1.54) is 4.31 Å². The number of aromatic nitrogens is 3. The SMILES string of the molecule is CCc1nc2n(n1)CCC[C@@H]2NS(=O)(=O)N1C[C@@H](C)OC[C@H]1C. The second kappa shape index (κ2) is 6.46. The van der Waals surface area contributed by atoms with E-state index in [0.29, 0.717) is 13.2 Å². The highest BCUT2D eigenvalue weighted by molar-refractivity contribution is 7.87. The Bertz CT molecular complexity index is 659. The van der Waals surface area contributed by atoms with Crippen LogP contribution in [-0.4, -0.2) is 52.8 Å². The number of rotatable bonds is 4. The molecule has 2 aliphatic rings. The molecule has 3 heterocycles. The molecule has 1 N–H and O–H groups in total. The molecule has 1 aromatic rings. The molecule has 130 valence electrons. The van der Waals surface area contributed by atoms with Gasteiger partial charge in [0.15, 0.2) is 5.82 Å². The second-order valence-corrected chi connectivity index (χ2v) is 8.00. The zero-order valence-corrected chi connectivity index (χ0v) is 14.7. The third-order valence-electron chi connectivity index (χ3n) is 4.39. The number of fused-ring (bicyclic) bond motifs is 1. The maximum absolute atomic E-state index is 12.8. The minimum absolute atomic E-state index is 0.0931. The van der Waals surface area contributed by atoms with Crippen LogP contribution >= 0.6 is 0 Å². The molecule has 0 unspecified atom stereocenters. The van der Waals surface area contributed by atoms with Gasteiger partial charge in [0.25, 0.3) is 10.2 Å². The molecule has 23 heavy (non-hydrogen) atoms. The van der Waals surface area contributed by atoms with Crippen LogP contribution in [0.4, 0.5) is 0 Å². The van der Waals surface area contributed by atoms with Crippen molar-refractivity contribution >= 4 is 10.2 Å². The van der Waals surface area contributed by atoms with Gasteiger partial charge < -0.3 is 4.74 Å². The summed E-state index contributed by atoms with van der Waals surface area (Å²) < 4.78 is 37.3. The smallest absolute Gasteiger partial charge is 0.280 e. The molecular weight excluding hydrogens is 318 g/mol. The van der Waals surface area contributed by atoms with Crippen LogP contribution in [0.1, 0.15) is 51.3 Å². The van der Waals surface area contributed by atoms with E-state index in [0.717, 1.165) is 37.5 Å². The van der Waals surface area contributed by atoms with Gasteiger partial charge in [0.1, 0.15) is 5.82 Å². The van der Waals surface area contributed by atoms with Crippen molar-refractivity contribution in [3.05, 3.63) is 11.6 Å². The molecule has 0 bridgehead atoms. The van der Waals surface area contributed by atoms with E-state index in [9.17, 15) is 8.42 Å². The molecule has 0 spiro atoms. The predicted octanol–water partition coefficient (Wildman–Crippen LogP) is 0.619. The second-order valence-electron chi connectivity index (χ2n) is 6.34. The summed E-state index contributed by atoms with van der Waals surface area (Å²) in [7, 11) is -3.58. The lowest BCUT2D eigenvalue weighted by Gasteiger charge is -2.36. The first-order valence-corrected chi connectivity index (χ1v) is 9.69. The maximum Gasteiger partial charge on any atom is 0.280 e. The normalized spacial score (nSPS) is 29.4. The quantitative estimate of drug-likeness (QED) is 0.866. The third kappa shape index (κ3) is 3.42. The van der Waals surface area contributed by atoms with E-state index >= 15 is 0 Å². The number of hydrogen-bond acceptors (Lipinski definition) is 5. The van der Waals surface area contributed by atoms with E-state index < -0.39 is 10.2 Å². The number of ether oxygens (including phenoxy) is 1. The lowest BCUT2D eigenvalue weighted by molar-refractivity contribution is -0.0176. The molecule has 9 heteroatoms. The topological polar surface area (TPSA) is 89.3 Å². The fraction of sp³-hybridized carbons (Fsp3) is 0.857. The standard InChI is InChI=1S/C14H25N5O3S/c1-4-13-15-14-12(6-5-7-18(14)16-13)17-23(20,21)19-8-11(3)22-9-10(19)2/h10-12,17H,4-9H2,1-3H3/t10-,11-,12+/m1/s1. The van der Waals surface area contributed by atoms with Crippen LogP contribution in [0.2, 0.25) is 0 Å². The maximum atomic E-state index is 12.8. The summed E-state index contributed by atoms with van der Waals surface area (Å²) in [6.45, 7) is 7.34. The Morgan fingerprint density at radius 2 is 2.17 bits per heavy atom. The molecule has 0 aliphatic carbocycles. The average molecular weight is 343 g/mol. The number of nitrogens with zero attached hydrogens (tertiary/aromatic N) is 4. The van der Waals surface area contributed by atoms with Crippen LogP contribution in [0.5, 0.6) is 0 Å². The van der Waals surface area contributed by atoms with Crippen molar-refractivity contribution < 1.29 is 13.2 Å². The number of hydrogen-bond donors (Lipinski definition) is 1. The Morgan fingerprint density at radius 1 is 1.39 bits per heavy atom. The van der Waals surface area contributed by atoms with Crippen LogP contribution in [0, 0.1) is 0 Å². The number of aryl methyl sites for hydroxylation is 2. The Hall–Kier alpha value is -1.03. The molecule has 0 aromatic carbocycles. The first-order valence-electron chi connectivity index (χ1n) is 8.25. The Labute approximate surface area is 137 Å². The number of morpholine rings is 1. The Balaban J connectivity index is 1.80. The Kier molecular flexibility index (Phi) is 4.73. The van der Waals surface area contributed by atoms with Crippen molar-refractivity contribution in [1.82, 2.24) is 23.8 Å². The summed E-state index contributed by atoms with van der Waals surface area (Å²) in [5.74, 6) is 1.49. The Morgan fingerprint density at radius 3 is 2.91 bits per heavy atom. The fourth-order valence-electron chi connectivity index (χ4n) is 3.12. The fourth-order valence-corrected chi connectivity index (χ4v) is 4.78. The third-order valence-corrected chi connectivity index (χ3v) is 6.09. The summed E-state index contributed by atoms with van der Waals surface area (Å²) in [6.07, 6.45) is 2.29. The van der Waals surface area contributed by atoms with Gasteiger partial charge >= 0.3 is 0 Å². The van der Waals surface area contributed by atoms with E-state index in [1.807, 2.05) is 25.5 Å². The largest absolute Gasteiger partial charge is 0.375 e. The van der Waals surface area contributed by atoms with Gasteiger partial charge in [0, 0.05) is 25.6 Å². The lowest BCUT2D eigenvalue weighted by atomic mass is 10.1. The van der Waals surface area contributed by atoms with Gasteiger partial charge in [-0.2, -0.15) is 22.5 Å². The highest BCUT2D eigenvalue weighted by Gasteiger charge is 2.36. The van der Waals surface area contributed by atoms with Gasteiger partial charge in [-0.05, 0) is 26.7 Å². The predicted molar refractivity (Wildman–Crippen MR) is 85.0 cm³/mol. The summed E-state index contributed by atoms with van der Waals surface area (Å²) in [4.78, 5) is 4.50. The molecular formula is C14H25N5O3S. The van der Waals surface area contributed by atoms with Crippen molar-refractivity contribution in [3.8, 4) is 0 Å². The molecule has 0 radical (unpaired) electrons. The number of nitrogens with one attached hydrogen (secondary N) is 1. The van der Waals surface area contributed by atoms with Gasteiger partial charge in [-0.3, -0.25) is 0 Å². The zero-order chi connectivity index (χ0) is 16.6. The highest BCUT2D eigenvalue weighted by Crippen LogP contribution is 2.25. The molecule has 3 rings (SSSR count). The minimum atomic E-state index is -3.58. The van der Waals surface area contributed by atoms with Crippen molar-refractivity contribution in [1.29, 1.82) is 0 Å². The highest BCUT2D eigenvalue weighted by atomic mass is 32.2. The van der Waals surface area contributed by atoms with Crippen molar-refractivity contribution in [2.75, 3.05) is 13.2 Å². The van der Waals surface area contributed by atoms with Crippen LogP contribution < -0.4 is 4.72 Å². The summed E-state index contributed by atoms with van der Waals surface area (Å²) in [5.41, 5.74) is 0. The molecule has 8 nitrogen and oxygen atoms in total. The average Bonchev–Trinajstić information content (AvgIpc) is 2.93. The first kappa shape index (κ1) is 16.8. The van der Waals surface area contributed by atoms with Crippen LogP contribution in [0.3, 0.4) is 0 Å². The summed E-state index contributed by atoms with van der Waals surface area (Å²) in [6, 6.07) is -0.483. The lowest BCUT2D eigenvalue weighted by Crippen LogP contribution is -2.54. The molecule has 1 fully saturated rings. The van der Waals surface area contributed by atoms with Crippen LogP contribution in [0.25, 0.3) is 0 Å². The van der Waals surface area contributed by atoms with Gasteiger partial charge in [-0.15, -0.1) is 0 Å². The minimum Gasteiger partial charge on any atom is -0.375 e.